The van der Waals surface area contributed by atoms with E-state index in [2.05, 4.69) is 0 Å². The van der Waals surface area contributed by atoms with Gasteiger partial charge < -0.3 is 21.3 Å². The molecule has 1 atom stereocenters. The third-order valence-corrected chi connectivity index (χ3v) is 3.11. The Morgan fingerprint density at radius 2 is 2.00 bits per heavy atom. The molecular weight excluding hydrogens is 290 g/mol. The van der Waals surface area contributed by atoms with Gasteiger partial charge in [-0.25, -0.2) is 0 Å². The van der Waals surface area contributed by atoms with Crippen LogP contribution < -0.4 is 16.2 Å². The molecule has 0 aliphatic heterocycles. The van der Waals surface area contributed by atoms with Crippen LogP contribution in [0.25, 0.3) is 0 Å². The number of primary amides is 1. The monoisotopic (exact) mass is 311 g/mol. The van der Waals surface area contributed by atoms with E-state index in [1.807, 2.05) is 6.92 Å². The number of likely N-dealkylation sites (N-methyl/N-ethyl adjacent to an activating group) is 1. The second-order valence-electron chi connectivity index (χ2n) is 4.65. The maximum Gasteiger partial charge on any atom is 0.231 e. The van der Waals surface area contributed by atoms with E-state index in [4.69, 9.17) is 28.4 Å². The minimum Gasteiger partial charge on any atom is -0.491 e. The molecule has 0 saturated heterocycles. The molecule has 5 N–H and O–H groups in total. The van der Waals surface area contributed by atoms with Crippen LogP contribution in [0.15, 0.2) is 24.3 Å². The van der Waals surface area contributed by atoms with E-state index in [0.29, 0.717) is 23.8 Å². The third kappa shape index (κ3) is 6.52. The lowest BCUT2D eigenvalue weighted by molar-refractivity contribution is -0.119. The van der Waals surface area contributed by atoms with E-state index in [-0.39, 0.29) is 13.2 Å². The van der Waals surface area contributed by atoms with Crippen molar-refractivity contribution in [1.29, 1.82) is 0 Å². The molecule has 1 rings (SSSR count). The third-order valence-electron chi connectivity index (χ3n) is 2.88. The van der Waals surface area contributed by atoms with E-state index >= 15 is 0 Å². The largest absolute Gasteiger partial charge is 0.491 e. The predicted molar refractivity (Wildman–Crippen MR) is 85.1 cm³/mol. The van der Waals surface area contributed by atoms with Crippen LogP contribution in [0.1, 0.15) is 12.5 Å². The zero-order valence-corrected chi connectivity index (χ0v) is 12.8. The van der Waals surface area contributed by atoms with Crippen LogP contribution in [-0.4, -0.2) is 53.2 Å². The van der Waals surface area contributed by atoms with Crippen LogP contribution in [0.2, 0.25) is 0 Å². The van der Waals surface area contributed by atoms with Gasteiger partial charge in [0, 0.05) is 12.1 Å². The summed E-state index contributed by atoms with van der Waals surface area (Å²) >= 11 is 4.86. The summed E-state index contributed by atoms with van der Waals surface area (Å²) in [6.45, 7) is 3.09. The molecule has 116 valence electrons. The first kappa shape index (κ1) is 17.4. The van der Waals surface area contributed by atoms with E-state index in [9.17, 15) is 9.90 Å². The van der Waals surface area contributed by atoms with Gasteiger partial charge in [-0.3, -0.25) is 9.69 Å². The number of ether oxygens (including phenoxy) is 1. The lowest BCUT2D eigenvalue weighted by Crippen LogP contribution is -2.40. The highest BCUT2D eigenvalue weighted by atomic mass is 32.1. The van der Waals surface area contributed by atoms with Gasteiger partial charge in [-0.15, -0.1) is 0 Å². The molecule has 0 fully saturated rings. The van der Waals surface area contributed by atoms with Crippen LogP contribution in [0.4, 0.5) is 0 Å². The van der Waals surface area contributed by atoms with Crippen molar-refractivity contribution in [1.82, 2.24) is 4.90 Å². The standard InChI is InChI=1S/C14H21N3O3S/c1-2-17(8-13(15)19)7-11(18)9-20-12-5-3-10(4-6-12)14(16)21/h3-6,11,18H,2,7-9H2,1H3,(H2,15,19)(H2,16,21). The first-order chi connectivity index (χ1) is 9.92. The van der Waals surface area contributed by atoms with E-state index in [0.717, 1.165) is 5.56 Å². The highest BCUT2D eigenvalue weighted by Gasteiger charge is 2.13. The maximum atomic E-state index is 10.9. The lowest BCUT2D eigenvalue weighted by Gasteiger charge is -2.22. The summed E-state index contributed by atoms with van der Waals surface area (Å²) in [5.74, 6) is 0.199. The number of amides is 1. The van der Waals surface area contributed by atoms with Gasteiger partial charge in [0.25, 0.3) is 0 Å². The molecular formula is C14H21N3O3S. The first-order valence-corrected chi connectivity index (χ1v) is 7.04. The van der Waals surface area contributed by atoms with E-state index in [1.165, 1.54) is 0 Å². The van der Waals surface area contributed by atoms with Crippen molar-refractivity contribution in [2.75, 3.05) is 26.2 Å². The Morgan fingerprint density at radius 1 is 1.38 bits per heavy atom. The number of rotatable bonds is 9. The number of nitrogens with zero attached hydrogens (tertiary/aromatic N) is 1. The van der Waals surface area contributed by atoms with Gasteiger partial charge in [0.1, 0.15) is 23.4 Å². The Hall–Kier alpha value is -1.70. The van der Waals surface area contributed by atoms with Gasteiger partial charge in [-0.2, -0.15) is 0 Å². The molecule has 0 heterocycles. The molecule has 0 aromatic heterocycles. The molecule has 0 aliphatic rings. The van der Waals surface area contributed by atoms with Crippen LogP contribution in [-0.2, 0) is 4.79 Å². The molecule has 0 aliphatic carbocycles. The summed E-state index contributed by atoms with van der Waals surface area (Å²) in [6.07, 6.45) is -0.709. The topological polar surface area (TPSA) is 102 Å². The van der Waals surface area contributed by atoms with Crippen LogP contribution >= 0.6 is 12.2 Å². The van der Waals surface area contributed by atoms with Crippen molar-refractivity contribution < 1.29 is 14.6 Å². The summed E-state index contributed by atoms with van der Waals surface area (Å²) in [6, 6.07) is 7.00. The number of hydrogen-bond donors (Lipinski definition) is 3. The molecule has 1 aromatic rings. The highest BCUT2D eigenvalue weighted by molar-refractivity contribution is 7.80. The van der Waals surface area contributed by atoms with Gasteiger partial charge >= 0.3 is 0 Å². The molecule has 0 bridgehead atoms. The van der Waals surface area contributed by atoms with E-state index < -0.39 is 12.0 Å². The Balaban J connectivity index is 2.43. The molecule has 1 unspecified atom stereocenters. The predicted octanol–water partition coefficient (Wildman–Crippen LogP) is -0.132. The summed E-state index contributed by atoms with van der Waals surface area (Å²) in [7, 11) is 0. The second kappa shape index (κ2) is 8.56. The van der Waals surface area contributed by atoms with Gasteiger partial charge in [-0.05, 0) is 30.8 Å². The minimum absolute atomic E-state index is 0.121. The van der Waals surface area contributed by atoms with Gasteiger partial charge in [0.05, 0.1) is 6.54 Å². The van der Waals surface area contributed by atoms with Crippen molar-refractivity contribution in [3.05, 3.63) is 29.8 Å². The van der Waals surface area contributed by atoms with Crippen molar-refractivity contribution in [3.8, 4) is 5.75 Å². The van der Waals surface area contributed by atoms with Crippen molar-refractivity contribution in [3.63, 3.8) is 0 Å². The fourth-order valence-corrected chi connectivity index (χ4v) is 1.92. The quantitative estimate of drug-likeness (QED) is 0.549. The second-order valence-corrected chi connectivity index (χ2v) is 5.09. The first-order valence-electron chi connectivity index (χ1n) is 6.63. The van der Waals surface area contributed by atoms with Crippen molar-refractivity contribution in [2.45, 2.75) is 13.0 Å². The number of nitrogens with two attached hydrogens (primary N) is 2. The average molecular weight is 311 g/mol. The van der Waals surface area contributed by atoms with Crippen molar-refractivity contribution >= 4 is 23.1 Å². The number of aliphatic hydroxyl groups is 1. The fraction of sp³-hybridized carbons (Fsp3) is 0.429. The smallest absolute Gasteiger partial charge is 0.231 e. The Morgan fingerprint density at radius 3 is 2.48 bits per heavy atom. The Labute approximate surface area is 129 Å². The summed E-state index contributed by atoms with van der Waals surface area (Å²) in [5, 5.41) is 9.91. The van der Waals surface area contributed by atoms with Gasteiger partial charge in [-0.1, -0.05) is 19.1 Å². The normalized spacial score (nSPS) is 12.1. The summed E-state index contributed by atoms with van der Waals surface area (Å²) in [5.41, 5.74) is 11.4. The summed E-state index contributed by atoms with van der Waals surface area (Å²) in [4.78, 5) is 12.9. The Kier molecular flexibility index (Phi) is 7.07. The SMILES string of the molecule is CCN(CC(N)=O)CC(O)COc1ccc(C(N)=S)cc1. The minimum atomic E-state index is -0.709. The number of benzene rings is 1. The molecule has 0 radical (unpaired) electrons. The van der Waals surface area contributed by atoms with Gasteiger partial charge in [0.15, 0.2) is 0 Å². The molecule has 0 saturated carbocycles. The van der Waals surface area contributed by atoms with Crippen molar-refractivity contribution in [2.24, 2.45) is 11.5 Å². The Bertz CT molecular complexity index is 479. The molecule has 1 amide bonds. The van der Waals surface area contributed by atoms with E-state index in [1.54, 1.807) is 29.2 Å². The number of carbonyl (C=O) groups excluding carboxylic acids is 1. The molecule has 6 nitrogen and oxygen atoms in total. The average Bonchev–Trinajstić information content (AvgIpc) is 2.44. The fourth-order valence-electron chi connectivity index (χ4n) is 1.78. The number of thiocarbonyl (C=S) groups is 1. The van der Waals surface area contributed by atoms with Crippen LogP contribution in [0, 0.1) is 0 Å². The summed E-state index contributed by atoms with van der Waals surface area (Å²) < 4.78 is 5.48. The molecule has 1 aromatic carbocycles. The number of aliphatic hydroxyl groups excluding tert-OH is 1. The highest BCUT2D eigenvalue weighted by Crippen LogP contribution is 2.12. The molecule has 0 spiro atoms. The number of hydrogen-bond acceptors (Lipinski definition) is 5. The lowest BCUT2D eigenvalue weighted by atomic mass is 10.2. The molecule has 7 heteroatoms. The molecule has 21 heavy (non-hydrogen) atoms. The van der Waals surface area contributed by atoms with Gasteiger partial charge in [0.2, 0.25) is 5.91 Å². The zero-order chi connectivity index (χ0) is 15.8. The number of carbonyl (C=O) groups is 1. The maximum absolute atomic E-state index is 10.9. The zero-order valence-electron chi connectivity index (χ0n) is 12.0. The van der Waals surface area contributed by atoms with Crippen LogP contribution in [0.3, 0.4) is 0 Å². The van der Waals surface area contributed by atoms with Crippen LogP contribution in [0.5, 0.6) is 5.75 Å².